The van der Waals surface area contributed by atoms with Gasteiger partial charge < -0.3 is 10.4 Å². The second kappa shape index (κ2) is 4.56. The fourth-order valence-electron chi connectivity index (χ4n) is 1.86. The molecule has 0 atom stereocenters. The molecule has 0 aliphatic heterocycles. The lowest BCUT2D eigenvalue weighted by atomic mass is 9.99. The second-order valence-electron chi connectivity index (χ2n) is 4.96. The van der Waals surface area contributed by atoms with E-state index in [1.165, 1.54) is 11.1 Å². The fourth-order valence-corrected chi connectivity index (χ4v) is 1.86. The molecule has 0 heterocycles. The molecule has 0 bridgehead atoms. The summed E-state index contributed by atoms with van der Waals surface area (Å²) >= 11 is 0. The maximum Gasteiger partial charge on any atom is 0.305 e. The Morgan fingerprint density at radius 1 is 1.25 bits per heavy atom. The van der Waals surface area contributed by atoms with E-state index in [-0.39, 0.29) is 6.42 Å². The summed E-state index contributed by atoms with van der Waals surface area (Å²) in [5.74, 6) is -0.790. The van der Waals surface area contributed by atoms with Crippen molar-refractivity contribution in [1.82, 2.24) is 0 Å². The molecule has 2 N–H and O–H groups in total. The summed E-state index contributed by atoms with van der Waals surface area (Å²) in [6, 6.07) is 6.14. The summed E-state index contributed by atoms with van der Waals surface area (Å²) in [4.78, 5) is 10.7. The summed E-state index contributed by atoms with van der Waals surface area (Å²) < 4.78 is 0. The van der Waals surface area contributed by atoms with Crippen LogP contribution in [0.1, 0.15) is 31.4 Å². The third-order valence-corrected chi connectivity index (χ3v) is 2.30. The summed E-state index contributed by atoms with van der Waals surface area (Å²) in [5.41, 5.74) is 2.89. The molecule has 0 fully saturated rings. The van der Waals surface area contributed by atoms with E-state index in [2.05, 4.69) is 11.4 Å². The molecule has 16 heavy (non-hydrogen) atoms. The quantitative estimate of drug-likeness (QED) is 0.821. The van der Waals surface area contributed by atoms with Crippen LogP contribution in [0.5, 0.6) is 0 Å². The van der Waals surface area contributed by atoms with E-state index in [0.29, 0.717) is 0 Å². The van der Waals surface area contributed by atoms with Gasteiger partial charge in [-0.25, -0.2) is 0 Å². The largest absolute Gasteiger partial charge is 0.481 e. The average molecular weight is 221 g/mol. The maximum atomic E-state index is 10.7. The molecule has 88 valence electrons. The van der Waals surface area contributed by atoms with Crippen molar-refractivity contribution in [3.05, 3.63) is 29.3 Å². The molecule has 0 aliphatic rings. The van der Waals surface area contributed by atoms with E-state index in [0.717, 1.165) is 5.69 Å². The zero-order valence-corrected chi connectivity index (χ0v) is 10.3. The van der Waals surface area contributed by atoms with Gasteiger partial charge in [0.1, 0.15) is 0 Å². The zero-order valence-electron chi connectivity index (χ0n) is 10.3. The number of rotatable bonds is 4. The zero-order chi connectivity index (χ0) is 12.3. The van der Waals surface area contributed by atoms with Crippen LogP contribution in [0.4, 0.5) is 5.69 Å². The van der Waals surface area contributed by atoms with Crippen LogP contribution in [0.25, 0.3) is 0 Å². The minimum Gasteiger partial charge on any atom is -0.481 e. The second-order valence-corrected chi connectivity index (χ2v) is 4.96. The molecule has 1 aromatic rings. The Bertz CT molecular complexity index is 377. The molecular weight excluding hydrogens is 202 g/mol. The lowest BCUT2D eigenvalue weighted by Crippen LogP contribution is -2.33. The lowest BCUT2D eigenvalue weighted by molar-refractivity contribution is -0.137. The number of anilines is 1. The van der Waals surface area contributed by atoms with Gasteiger partial charge in [0.25, 0.3) is 0 Å². The number of carbonyl (C=O) groups is 1. The van der Waals surface area contributed by atoms with Crippen molar-refractivity contribution in [2.75, 3.05) is 5.32 Å². The molecule has 0 spiro atoms. The van der Waals surface area contributed by atoms with E-state index >= 15 is 0 Å². The highest BCUT2D eigenvalue weighted by molar-refractivity contribution is 5.69. The first-order valence-electron chi connectivity index (χ1n) is 5.37. The van der Waals surface area contributed by atoms with Crippen LogP contribution in [0.2, 0.25) is 0 Å². The highest BCUT2D eigenvalue weighted by Gasteiger charge is 2.21. The first kappa shape index (κ1) is 12.6. The summed E-state index contributed by atoms with van der Waals surface area (Å²) in [7, 11) is 0. The van der Waals surface area contributed by atoms with Crippen molar-refractivity contribution < 1.29 is 9.90 Å². The molecule has 0 amide bonds. The molecule has 3 heteroatoms. The molecule has 3 nitrogen and oxygen atoms in total. The lowest BCUT2D eigenvalue weighted by Gasteiger charge is -2.26. The molecule has 1 aromatic carbocycles. The molecule has 0 aliphatic carbocycles. The predicted octanol–water partition coefficient (Wildman–Crippen LogP) is 2.97. The van der Waals surface area contributed by atoms with Crippen molar-refractivity contribution in [2.24, 2.45) is 0 Å². The monoisotopic (exact) mass is 221 g/mol. The third kappa shape index (κ3) is 3.93. The van der Waals surface area contributed by atoms with Gasteiger partial charge in [-0.05, 0) is 51.0 Å². The van der Waals surface area contributed by atoms with Crippen LogP contribution in [-0.2, 0) is 4.79 Å². The van der Waals surface area contributed by atoms with Gasteiger partial charge in [-0.2, -0.15) is 0 Å². The maximum absolute atomic E-state index is 10.7. The molecule has 0 unspecified atom stereocenters. The smallest absolute Gasteiger partial charge is 0.305 e. The van der Waals surface area contributed by atoms with Gasteiger partial charge in [-0.3, -0.25) is 4.79 Å². The minimum atomic E-state index is -0.790. The Kier molecular flexibility index (Phi) is 3.58. The van der Waals surface area contributed by atoms with Crippen LogP contribution >= 0.6 is 0 Å². The number of benzene rings is 1. The number of hydrogen-bond donors (Lipinski definition) is 2. The Morgan fingerprint density at radius 2 is 1.75 bits per heavy atom. The van der Waals surface area contributed by atoms with Crippen molar-refractivity contribution in [2.45, 2.75) is 39.7 Å². The van der Waals surface area contributed by atoms with Crippen molar-refractivity contribution in [1.29, 1.82) is 0 Å². The molecule has 1 rings (SSSR count). The van der Waals surface area contributed by atoms with Gasteiger partial charge in [0.05, 0.1) is 6.42 Å². The van der Waals surface area contributed by atoms with E-state index in [1.807, 2.05) is 39.8 Å². The number of nitrogens with one attached hydrogen (secondary N) is 1. The van der Waals surface area contributed by atoms with Crippen LogP contribution in [-0.4, -0.2) is 16.6 Å². The normalized spacial score (nSPS) is 11.2. The molecule has 0 saturated carbocycles. The molecular formula is C13H19NO2. The molecule has 0 saturated heterocycles. The van der Waals surface area contributed by atoms with Gasteiger partial charge in [0.15, 0.2) is 0 Å². The van der Waals surface area contributed by atoms with Crippen molar-refractivity contribution in [3.63, 3.8) is 0 Å². The number of aliphatic carboxylic acids is 1. The fraction of sp³-hybridized carbons (Fsp3) is 0.462. The van der Waals surface area contributed by atoms with Crippen LogP contribution in [0.3, 0.4) is 0 Å². The minimum absolute atomic E-state index is 0.0972. The van der Waals surface area contributed by atoms with Gasteiger partial charge in [0, 0.05) is 11.2 Å². The predicted molar refractivity (Wildman–Crippen MR) is 65.9 cm³/mol. The SMILES string of the molecule is Cc1cc(C)cc(NC(C)(C)CC(=O)O)c1. The Balaban J connectivity index is 2.83. The highest BCUT2D eigenvalue weighted by atomic mass is 16.4. The first-order valence-corrected chi connectivity index (χ1v) is 5.37. The number of aryl methyl sites for hydroxylation is 2. The Morgan fingerprint density at radius 3 is 2.19 bits per heavy atom. The Labute approximate surface area is 96.5 Å². The van der Waals surface area contributed by atoms with E-state index in [9.17, 15) is 4.79 Å². The average Bonchev–Trinajstić information content (AvgIpc) is 1.95. The van der Waals surface area contributed by atoms with Gasteiger partial charge in [0.2, 0.25) is 0 Å². The number of carboxylic acids is 1. The van der Waals surface area contributed by atoms with E-state index < -0.39 is 11.5 Å². The van der Waals surface area contributed by atoms with Gasteiger partial charge >= 0.3 is 5.97 Å². The van der Waals surface area contributed by atoms with Gasteiger partial charge in [-0.1, -0.05) is 6.07 Å². The van der Waals surface area contributed by atoms with Crippen molar-refractivity contribution >= 4 is 11.7 Å². The third-order valence-electron chi connectivity index (χ3n) is 2.30. The summed E-state index contributed by atoms with van der Waals surface area (Å²) in [6.07, 6.45) is 0.0972. The van der Waals surface area contributed by atoms with E-state index in [4.69, 9.17) is 5.11 Å². The summed E-state index contributed by atoms with van der Waals surface area (Å²) in [6.45, 7) is 7.84. The van der Waals surface area contributed by atoms with Gasteiger partial charge in [-0.15, -0.1) is 0 Å². The molecule has 0 aromatic heterocycles. The number of carboxylic acid groups (broad SMARTS) is 1. The van der Waals surface area contributed by atoms with Crippen LogP contribution in [0.15, 0.2) is 18.2 Å². The number of hydrogen-bond acceptors (Lipinski definition) is 2. The summed E-state index contributed by atoms with van der Waals surface area (Å²) in [5, 5.41) is 12.0. The van der Waals surface area contributed by atoms with E-state index in [1.54, 1.807) is 0 Å². The highest BCUT2D eigenvalue weighted by Crippen LogP contribution is 2.20. The topological polar surface area (TPSA) is 49.3 Å². The first-order chi connectivity index (χ1) is 7.28. The van der Waals surface area contributed by atoms with Crippen molar-refractivity contribution in [3.8, 4) is 0 Å². The Hall–Kier alpha value is -1.51. The van der Waals surface area contributed by atoms with Crippen LogP contribution < -0.4 is 5.32 Å². The molecule has 0 radical (unpaired) electrons. The van der Waals surface area contributed by atoms with Crippen LogP contribution in [0, 0.1) is 13.8 Å². The standard InChI is InChI=1S/C13H19NO2/c1-9-5-10(2)7-11(6-9)14-13(3,4)8-12(15)16/h5-7,14H,8H2,1-4H3,(H,15,16).